The van der Waals surface area contributed by atoms with Gasteiger partial charge in [0.2, 0.25) is 65.0 Å². The van der Waals surface area contributed by atoms with E-state index in [0.717, 1.165) is 19.6 Å². The van der Waals surface area contributed by atoms with Gasteiger partial charge >= 0.3 is 0 Å². The summed E-state index contributed by atoms with van der Waals surface area (Å²) in [6.07, 6.45) is 1.10. The van der Waals surface area contributed by atoms with Gasteiger partial charge in [0.25, 0.3) is 0 Å². The van der Waals surface area contributed by atoms with Crippen LogP contribution in [0, 0.1) is 35.5 Å². The van der Waals surface area contributed by atoms with Gasteiger partial charge in [-0.05, 0) is 102 Å². The number of hydrogen-bond donors (Lipinski definition) is 7. The van der Waals surface area contributed by atoms with E-state index in [9.17, 15) is 63.0 Å². The third-order valence-electron chi connectivity index (χ3n) is 15.1. The van der Waals surface area contributed by atoms with Crippen LogP contribution in [-0.2, 0) is 52.7 Å². The number of carbonyl (C=O) groups is 11. The number of nitrogens with one attached hydrogen (secondary N) is 5. The van der Waals surface area contributed by atoms with Crippen LogP contribution >= 0.6 is 0 Å². The summed E-state index contributed by atoms with van der Waals surface area (Å²) in [5.41, 5.74) is 0. The van der Waals surface area contributed by atoms with Crippen LogP contribution in [0.3, 0.4) is 0 Å². The van der Waals surface area contributed by atoms with Gasteiger partial charge in [-0.2, -0.15) is 0 Å². The predicted molar refractivity (Wildman–Crippen MR) is 316 cm³/mol. The summed E-state index contributed by atoms with van der Waals surface area (Å²) in [4.78, 5) is 164. The van der Waals surface area contributed by atoms with E-state index >= 15 is 0 Å². The van der Waals surface area contributed by atoms with Gasteiger partial charge < -0.3 is 66.2 Å². The molecule has 24 heteroatoms. The number of likely N-dealkylation sites (N-methyl/N-ethyl adjacent to an activating group) is 6. The van der Waals surface area contributed by atoms with E-state index in [1.807, 2.05) is 55.4 Å². The predicted octanol–water partition coefficient (Wildman–Crippen LogP) is 1.26. The Bertz CT molecular complexity index is 2270. The van der Waals surface area contributed by atoms with Crippen molar-refractivity contribution in [1.29, 1.82) is 0 Å². The molecule has 83 heavy (non-hydrogen) atoms. The molecule has 1 fully saturated rings. The molecule has 0 aromatic carbocycles. The first kappa shape index (κ1) is 74.8. The zero-order valence-corrected chi connectivity index (χ0v) is 53.9. The number of amides is 11. The van der Waals surface area contributed by atoms with Gasteiger partial charge in [0.1, 0.15) is 60.4 Å². The van der Waals surface area contributed by atoms with E-state index in [0.29, 0.717) is 0 Å². The largest absolute Gasteiger partial charge is 0.391 e. The maximum Gasteiger partial charge on any atom is 0.248 e. The van der Waals surface area contributed by atoms with Crippen molar-refractivity contribution in [2.45, 2.75) is 216 Å². The molecule has 1 rings (SSSR count). The molecule has 1 aliphatic heterocycles. The average Bonchev–Trinajstić information content (AvgIpc) is 3.59. The smallest absolute Gasteiger partial charge is 0.248 e. The molecule has 0 radical (unpaired) electrons. The lowest BCUT2D eigenvalue weighted by atomic mass is 9.91. The molecule has 7 N–H and O–H groups in total. The fourth-order valence-electron chi connectivity index (χ4n) is 10.1. The second-order valence-electron chi connectivity index (χ2n) is 24.9. The molecule has 474 valence electrons. The maximum absolute atomic E-state index is 14.8. The molecule has 0 spiro atoms. The minimum Gasteiger partial charge on any atom is -0.391 e. The van der Waals surface area contributed by atoms with Crippen LogP contribution in [0.1, 0.15) is 143 Å². The lowest BCUT2D eigenvalue weighted by molar-refractivity contribution is -0.154. The number of nitrogens with zero attached hydrogens (tertiary/aromatic N) is 6. The van der Waals surface area contributed by atoms with Gasteiger partial charge in [0.05, 0.1) is 18.8 Å². The summed E-state index contributed by atoms with van der Waals surface area (Å²) in [5, 5.41) is 36.4. The Balaban J connectivity index is 4.22. The van der Waals surface area contributed by atoms with E-state index < -0.39 is 156 Å². The molecule has 1 aliphatic rings. The zero-order chi connectivity index (χ0) is 64.4. The first-order valence-corrected chi connectivity index (χ1v) is 29.3. The molecule has 1 heterocycles. The third-order valence-corrected chi connectivity index (χ3v) is 15.1. The molecule has 13 atom stereocenters. The van der Waals surface area contributed by atoms with Gasteiger partial charge in [-0.3, -0.25) is 52.7 Å². The van der Waals surface area contributed by atoms with Crippen LogP contribution in [0.5, 0.6) is 0 Å². The van der Waals surface area contributed by atoms with Crippen molar-refractivity contribution in [3.8, 4) is 0 Å². The van der Waals surface area contributed by atoms with Crippen molar-refractivity contribution in [1.82, 2.24) is 56.0 Å². The molecule has 0 aromatic rings. The number of rotatable bonds is 14. The monoisotopic (exact) mass is 1180 g/mol. The molecule has 0 aromatic heterocycles. The summed E-state index contributed by atoms with van der Waals surface area (Å²) >= 11 is 0. The van der Waals surface area contributed by atoms with Gasteiger partial charge in [-0.25, -0.2) is 0 Å². The summed E-state index contributed by atoms with van der Waals surface area (Å²) in [6, 6.07) is -13.2. The standard InChI is InChI=1S/C59H105N11O13/c1-23-24-25-36(12)49(73)48-54(78)64-46(40(16)71)58(82)65(17)30-45(72)66(18)42(27-32(4)5)53(77)63-41(26-31(2)3)57(81)68(20)44(29-34(8)9)51(75)60-37(13)50(74)61-38(14)55(79)67(19)43(28-33(6)7)52(76)62-39(15)56(80)69(21)47(35(10)11)59(83)70(48)22/h23-24,31-44,46-49,71,73H,25-30H2,1-22H3,(H,60,75)(H,61,74)(H,62,76)(H,63,77)(H,64,78). The molecule has 13 unspecified atom stereocenters. The second-order valence-corrected chi connectivity index (χ2v) is 24.9. The quantitative estimate of drug-likeness (QED) is 0.121. The lowest BCUT2D eigenvalue weighted by Crippen LogP contribution is -2.64. The van der Waals surface area contributed by atoms with Crippen molar-refractivity contribution >= 4 is 65.0 Å². The van der Waals surface area contributed by atoms with Crippen LogP contribution in [-0.4, -0.2) is 226 Å². The summed E-state index contributed by atoms with van der Waals surface area (Å²) in [7, 11) is 8.06. The highest BCUT2D eigenvalue weighted by Gasteiger charge is 2.45. The Morgan fingerprint density at radius 3 is 1.29 bits per heavy atom. The summed E-state index contributed by atoms with van der Waals surface area (Å²) in [6.45, 7) is 26.3. The minimum atomic E-state index is -1.74. The van der Waals surface area contributed by atoms with E-state index in [-0.39, 0.29) is 55.8 Å². The Hall–Kier alpha value is -6.17. The Kier molecular flexibility index (Phi) is 30.6. The molecule has 1 saturated heterocycles. The van der Waals surface area contributed by atoms with E-state index in [2.05, 4.69) is 26.6 Å². The first-order valence-electron chi connectivity index (χ1n) is 29.3. The van der Waals surface area contributed by atoms with Crippen LogP contribution in [0.4, 0.5) is 0 Å². The van der Waals surface area contributed by atoms with Crippen molar-refractivity contribution in [3.05, 3.63) is 12.2 Å². The highest BCUT2D eigenvalue weighted by molar-refractivity contribution is 5.99. The van der Waals surface area contributed by atoms with Crippen LogP contribution < -0.4 is 26.6 Å². The molecule has 0 bridgehead atoms. The fraction of sp³-hybridized carbons (Fsp3) is 0.780. The molecule has 0 aliphatic carbocycles. The van der Waals surface area contributed by atoms with Crippen molar-refractivity contribution < 1.29 is 63.0 Å². The van der Waals surface area contributed by atoms with Gasteiger partial charge in [0.15, 0.2) is 0 Å². The Labute approximate surface area is 494 Å². The maximum atomic E-state index is 14.8. The van der Waals surface area contributed by atoms with Crippen LogP contribution in [0.15, 0.2) is 12.2 Å². The molecule has 24 nitrogen and oxygen atoms in total. The van der Waals surface area contributed by atoms with Crippen molar-refractivity contribution in [2.24, 2.45) is 35.5 Å². The Morgan fingerprint density at radius 2 is 0.855 bits per heavy atom. The highest BCUT2D eigenvalue weighted by atomic mass is 16.3. The zero-order valence-electron chi connectivity index (χ0n) is 53.9. The van der Waals surface area contributed by atoms with Crippen molar-refractivity contribution in [3.63, 3.8) is 0 Å². The summed E-state index contributed by atoms with van der Waals surface area (Å²) in [5.74, 6) is -10.3. The van der Waals surface area contributed by atoms with Gasteiger partial charge in [-0.1, -0.05) is 88.3 Å². The lowest BCUT2D eigenvalue weighted by Gasteiger charge is -2.40. The van der Waals surface area contributed by atoms with Gasteiger partial charge in [-0.15, -0.1) is 0 Å². The molecule has 0 saturated carbocycles. The van der Waals surface area contributed by atoms with Crippen LogP contribution in [0.25, 0.3) is 0 Å². The highest BCUT2D eigenvalue weighted by Crippen LogP contribution is 2.23. The molecular formula is C59H105N11O13. The van der Waals surface area contributed by atoms with E-state index in [1.165, 1.54) is 79.8 Å². The molecule has 11 amide bonds. The minimum absolute atomic E-state index is 0.117. The third kappa shape index (κ3) is 21.8. The fourth-order valence-corrected chi connectivity index (χ4v) is 10.1. The number of carbonyl (C=O) groups excluding carboxylic acids is 11. The van der Waals surface area contributed by atoms with Gasteiger partial charge in [0, 0.05) is 42.3 Å². The van der Waals surface area contributed by atoms with Crippen LogP contribution in [0.2, 0.25) is 0 Å². The second kappa shape index (κ2) is 34.0. The SMILES string of the molecule is CC=CCC(C)C(O)C1C(=O)NC(C(C)O)C(=O)N(C)CC(=O)N(C)C(CC(C)C)C(=O)NC(CC(C)C)C(=O)N(C)C(CC(C)C)C(=O)NC(C)C(=O)NC(C)C(=O)N(C)C(CC(C)C)C(=O)NC(C)C(=O)N(C)C(C(C)C)C(=O)N1C. The molecular weight excluding hydrogens is 1070 g/mol. The van der Waals surface area contributed by atoms with Crippen molar-refractivity contribution in [2.75, 3.05) is 48.8 Å². The first-order chi connectivity index (χ1) is 38.2. The number of allylic oxidation sites excluding steroid dienone is 2. The Morgan fingerprint density at radius 1 is 0.458 bits per heavy atom. The normalized spacial score (nSPS) is 27.5. The summed E-state index contributed by atoms with van der Waals surface area (Å²) < 4.78 is 0. The number of aliphatic hydroxyl groups is 2. The number of aliphatic hydroxyl groups excluding tert-OH is 2. The van der Waals surface area contributed by atoms with E-state index in [4.69, 9.17) is 0 Å². The van der Waals surface area contributed by atoms with E-state index in [1.54, 1.807) is 39.8 Å². The average molecular weight is 1180 g/mol. The number of hydrogen-bond acceptors (Lipinski definition) is 13. The topological polar surface area (TPSA) is 308 Å².